The maximum Gasteiger partial charge on any atom is 0.286 e. The van der Waals surface area contributed by atoms with Gasteiger partial charge in [0.2, 0.25) is 0 Å². The Labute approximate surface area is 112 Å². The molecule has 0 aliphatic rings. The van der Waals surface area contributed by atoms with E-state index in [0.29, 0.717) is 4.47 Å². The third kappa shape index (κ3) is 2.77. The summed E-state index contributed by atoms with van der Waals surface area (Å²) in [4.78, 5) is 0.0575. The summed E-state index contributed by atoms with van der Waals surface area (Å²) in [7, 11) is -3.94. The molecular formula is C14H15NO3S. The Morgan fingerprint density at radius 1 is 0.947 bits per heavy atom. The second kappa shape index (κ2) is 5.03. The van der Waals surface area contributed by atoms with Gasteiger partial charge < -0.3 is 0 Å². The van der Waals surface area contributed by atoms with E-state index in [1.54, 1.807) is 30.3 Å². The average molecular weight is 277 g/mol. The zero-order chi connectivity index (χ0) is 14.0. The SMILES string of the molecule is Cc1ccc(S(=O)(=O)N(O)c2cccc(C)c2)cc1. The molecule has 0 aliphatic carbocycles. The predicted octanol–water partition coefficient (Wildman–Crippen LogP) is 2.89. The van der Waals surface area contributed by atoms with E-state index < -0.39 is 10.0 Å². The van der Waals surface area contributed by atoms with Crippen LogP contribution in [0.5, 0.6) is 0 Å². The monoisotopic (exact) mass is 277 g/mol. The van der Waals surface area contributed by atoms with E-state index in [4.69, 9.17) is 0 Å². The molecule has 0 atom stereocenters. The summed E-state index contributed by atoms with van der Waals surface area (Å²) < 4.78 is 24.8. The first-order valence-electron chi connectivity index (χ1n) is 5.79. The number of hydrogen-bond donors (Lipinski definition) is 1. The highest BCUT2D eigenvalue weighted by molar-refractivity contribution is 7.92. The smallest absolute Gasteiger partial charge is 0.274 e. The largest absolute Gasteiger partial charge is 0.286 e. The lowest BCUT2D eigenvalue weighted by Gasteiger charge is -2.17. The van der Waals surface area contributed by atoms with Crippen LogP contribution < -0.4 is 4.47 Å². The van der Waals surface area contributed by atoms with Crippen LogP contribution in [0.1, 0.15) is 11.1 Å². The van der Waals surface area contributed by atoms with Crippen molar-refractivity contribution in [1.82, 2.24) is 0 Å². The molecule has 0 unspecified atom stereocenters. The third-order valence-electron chi connectivity index (χ3n) is 2.77. The molecule has 4 nitrogen and oxygen atoms in total. The molecule has 0 fully saturated rings. The Kier molecular flexibility index (Phi) is 3.59. The van der Waals surface area contributed by atoms with Gasteiger partial charge in [-0.05, 0) is 43.7 Å². The van der Waals surface area contributed by atoms with Gasteiger partial charge in [0, 0.05) is 0 Å². The topological polar surface area (TPSA) is 57.6 Å². The fourth-order valence-electron chi connectivity index (χ4n) is 1.70. The molecule has 0 bridgehead atoms. The van der Waals surface area contributed by atoms with Crippen molar-refractivity contribution in [2.45, 2.75) is 18.7 Å². The van der Waals surface area contributed by atoms with Crippen LogP contribution in [0.25, 0.3) is 0 Å². The van der Waals surface area contributed by atoms with Crippen LogP contribution in [0.4, 0.5) is 5.69 Å². The van der Waals surface area contributed by atoms with Gasteiger partial charge >= 0.3 is 0 Å². The molecular weight excluding hydrogens is 262 g/mol. The minimum atomic E-state index is -3.94. The van der Waals surface area contributed by atoms with Gasteiger partial charge in [0.25, 0.3) is 10.0 Å². The van der Waals surface area contributed by atoms with Crippen LogP contribution in [0.3, 0.4) is 0 Å². The lowest BCUT2D eigenvalue weighted by atomic mass is 10.2. The minimum absolute atomic E-state index is 0.0575. The second-order valence-electron chi connectivity index (χ2n) is 4.40. The van der Waals surface area contributed by atoms with Crippen molar-refractivity contribution in [2.75, 3.05) is 4.47 Å². The van der Waals surface area contributed by atoms with Gasteiger partial charge in [-0.25, -0.2) is 0 Å². The highest BCUT2D eigenvalue weighted by atomic mass is 32.2. The van der Waals surface area contributed by atoms with Crippen LogP contribution in [0, 0.1) is 13.8 Å². The number of rotatable bonds is 3. The standard InChI is InChI=1S/C14H15NO3S/c1-11-6-8-14(9-7-11)19(17,18)15(16)13-5-3-4-12(2)10-13/h3-10,16H,1-2H3. The lowest BCUT2D eigenvalue weighted by molar-refractivity contribution is 0.316. The number of hydrogen-bond acceptors (Lipinski definition) is 3. The van der Waals surface area contributed by atoms with E-state index in [1.165, 1.54) is 12.1 Å². The molecule has 100 valence electrons. The fourth-order valence-corrected chi connectivity index (χ4v) is 2.77. The maximum absolute atomic E-state index is 12.2. The molecule has 2 rings (SSSR count). The Balaban J connectivity index is 2.42. The van der Waals surface area contributed by atoms with Gasteiger partial charge in [0.1, 0.15) is 0 Å². The third-order valence-corrected chi connectivity index (χ3v) is 4.30. The summed E-state index contributed by atoms with van der Waals surface area (Å²) in [5, 5.41) is 9.94. The molecule has 0 saturated heterocycles. The van der Waals surface area contributed by atoms with Gasteiger partial charge in [-0.15, -0.1) is 4.47 Å². The van der Waals surface area contributed by atoms with Crippen LogP contribution in [0.2, 0.25) is 0 Å². The Morgan fingerprint density at radius 2 is 1.58 bits per heavy atom. The normalized spacial score (nSPS) is 11.3. The fraction of sp³-hybridized carbons (Fsp3) is 0.143. The van der Waals surface area contributed by atoms with E-state index in [9.17, 15) is 13.6 Å². The van der Waals surface area contributed by atoms with Gasteiger partial charge in [0.05, 0.1) is 10.6 Å². The number of aryl methyl sites for hydroxylation is 2. The van der Waals surface area contributed by atoms with Gasteiger partial charge in [-0.2, -0.15) is 8.42 Å². The quantitative estimate of drug-likeness (QED) is 0.878. The summed E-state index contributed by atoms with van der Waals surface area (Å²) in [6, 6.07) is 13.0. The summed E-state index contributed by atoms with van der Waals surface area (Å²) >= 11 is 0. The first-order valence-corrected chi connectivity index (χ1v) is 7.23. The van der Waals surface area contributed by atoms with Gasteiger partial charge in [0.15, 0.2) is 0 Å². The van der Waals surface area contributed by atoms with E-state index in [-0.39, 0.29) is 10.6 Å². The molecule has 0 saturated carbocycles. The first-order chi connectivity index (χ1) is 8.91. The van der Waals surface area contributed by atoms with Crippen molar-refractivity contribution >= 4 is 15.7 Å². The molecule has 0 aromatic heterocycles. The molecule has 5 heteroatoms. The Bertz CT molecular complexity index is 678. The average Bonchev–Trinajstić information content (AvgIpc) is 2.38. The molecule has 0 heterocycles. The van der Waals surface area contributed by atoms with Crippen LogP contribution >= 0.6 is 0 Å². The zero-order valence-corrected chi connectivity index (χ0v) is 11.6. The van der Waals surface area contributed by atoms with Crippen molar-refractivity contribution in [3.63, 3.8) is 0 Å². The van der Waals surface area contributed by atoms with Crippen molar-refractivity contribution < 1.29 is 13.6 Å². The molecule has 2 aromatic rings. The highest BCUT2D eigenvalue weighted by Crippen LogP contribution is 2.22. The van der Waals surface area contributed by atoms with Crippen molar-refractivity contribution in [1.29, 1.82) is 0 Å². The number of nitrogens with zero attached hydrogens (tertiary/aromatic N) is 1. The van der Waals surface area contributed by atoms with Crippen molar-refractivity contribution in [2.24, 2.45) is 0 Å². The second-order valence-corrected chi connectivity index (χ2v) is 6.17. The van der Waals surface area contributed by atoms with Crippen LogP contribution in [-0.2, 0) is 10.0 Å². The zero-order valence-electron chi connectivity index (χ0n) is 10.7. The summed E-state index contributed by atoms with van der Waals surface area (Å²) in [6.45, 7) is 3.70. The molecule has 0 amide bonds. The number of benzene rings is 2. The van der Waals surface area contributed by atoms with E-state index >= 15 is 0 Å². The van der Waals surface area contributed by atoms with Gasteiger partial charge in [-0.1, -0.05) is 29.8 Å². The Morgan fingerprint density at radius 3 is 2.16 bits per heavy atom. The molecule has 1 N–H and O–H groups in total. The van der Waals surface area contributed by atoms with Crippen molar-refractivity contribution in [3.8, 4) is 0 Å². The van der Waals surface area contributed by atoms with E-state index in [0.717, 1.165) is 11.1 Å². The summed E-state index contributed by atoms with van der Waals surface area (Å²) in [5.41, 5.74) is 2.05. The molecule has 0 radical (unpaired) electrons. The van der Waals surface area contributed by atoms with Crippen LogP contribution in [0.15, 0.2) is 53.4 Å². The first kappa shape index (κ1) is 13.6. The van der Waals surface area contributed by atoms with E-state index in [1.807, 2.05) is 19.9 Å². The number of sulfonamides is 1. The number of anilines is 1. The molecule has 2 aromatic carbocycles. The summed E-state index contributed by atoms with van der Waals surface area (Å²) in [5.74, 6) is 0. The molecule has 19 heavy (non-hydrogen) atoms. The highest BCUT2D eigenvalue weighted by Gasteiger charge is 2.23. The van der Waals surface area contributed by atoms with Crippen LogP contribution in [-0.4, -0.2) is 13.6 Å². The molecule has 0 aliphatic heterocycles. The predicted molar refractivity (Wildman–Crippen MR) is 73.8 cm³/mol. The van der Waals surface area contributed by atoms with E-state index in [2.05, 4.69) is 0 Å². The van der Waals surface area contributed by atoms with Crippen molar-refractivity contribution in [3.05, 3.63) is 59.7 Å². The Hall–Kier alpha value is -1.85. The maximum atomic E-state index is 12.2. The molecule has 0 spiro atoms. The summed E-state index contributed by atoms with van der Waals surface area (Å²) in [6.07, 6.45) is 0. The van der Waals surface area contributed by atoms with Gasteiger partial charge in [-0.3, -0.25) is 5.21 Å². The lowest BCUT2D eigenvalue weighted by Crippen LogP contribution is -2.27. The minimum Gasteiger partial charge on any atom is -0.274 e.